The van der Waals surface area contributed by atoms with Crippen molar-refractivity contribution in [3.05, 3.63) is 48.4 Å². The van der Waals surface area contributed by atoms with Gasteiger partial charge < -0.3 is 14.9 Å². The monoisotopic (exact) mass is 335 g/mol. The molecule has 25 heavy (non-hydrogen) atoms. The van der Waals surface area contributed by atoms with Gasteiger partial charge in [0.15, 0.2) is 5.65 Å². The van der Waals surface area contributed by atoms with Gasteiger partial charge in [-0.05, 0) is 25.1 Å². The smallest absolute Gasteiger partial charge is 0.218 e. The molecular formula is C19H21N5O. The quantitative estimate of drug-likeness (QED) is 0.559. The summed E-state index contributed by atoms with van der Waals surface area (Å²) < 4.78 is 0. The Morgan fingerprint density at radius 1 is 1.12 bits per heavy atom. The van der Waals surface area contributed by atoms with E-state index in [-0.39, 0.29) is 5.91 Å². The molecular weight excluding hydrogens is 314 g/mol. The molecule has 0 unspecified atom stereocenters. The minimum atomic E-state index is 0.0926. The zero-order chi connectivity index (χ0) is 18.0. The first kappa shape index (κ1) is 16.7. The molecule has 6 heteroatoms. The third-order valence-corrected chi connectivity index (χ3v) is 3.96. The Morgan fingerprint density at radius 3 is 2.52 bits per heavy atom. The lowest BCUT2D eigenvalue weighted by Gasteiger charge is -2.02. The van der Waals surface area contributed by atoms with Crippen LogP contribution in [0, 0.1) is 6.92 Å². The fourth-order valence-corrected chi connectivity index (χ4v) is 2.47. The molecule has 3 heterocycles. The third kappa shape index (κ3) is 3.52. The highest BCUT2D eigenvalue weighted by Gasteiger charge is 2.10. The van der Waals surface area contributed by atoms with Crippen LogP contribution in [0.4, 0.5) is 0 Å². The van der Waals surface area contributed by atoms with Crippen molar-refractivity contribution < 1.29 is 4.79 Å². The van der Waals surface area contributed by atoms with Gasteiger partial charge in [0.25, 0.3) is 0 Å². The largest absolute Gasteiger partial charge is 0.354 e. The van der Waals surface area contributed by atoms with Crippen molar-refractivity contribution in [3.63, 3.8) is 0 Å². The molecule has 0 radical (unpaired) electrons. The summed E-state index contributed by atoms with van der Waals surface area (Å²) in [6, 6.07) is 12.4. The number of rotatable bonds is 1. The van der Waals surface area contributed by atoms with Gasteiger partial charge in [-0.3, -0.25) is 4.79 Å². The zero-order valence-corrected chi connectivity index (χ0v) is 14.8. The summed E-state index contributed by atoms with van der Waals surface area (Å²) in [6.07, 6.45) is 1.80. The van der Waals surface area contributed by atoms with Crippen LogP contribution < -0.4 is 0 Å². The molecule has 0 atom stereocenters. The number of carbonyl (C=O) groups is 1. The molecule has 1 amide bonds. The highest BCUT2D eigenvalue weighted by Crippen LogP contribution is 2.28. The van der Waals surface area contributed by atoms with Crippen LogP contribution in [-0.2, 0) is 4.79 Å². The molecule has 4 aromatic rings. The van der Waals surface area contributed by atoms with Crippen molar-refractivity contribution in [1.29, 1.82) is 0 Å². The highest BCUT2D eigenvalue weighted by atomic mass is 16.2. The van der Waals surface area contributed by atoms with Crippen LogP contribution in [0.15, 0.2) is 42.6 Å². The standard InChI is InChI=1S/C15H12N4.C4H9NO/c1-9-17-14-11(6-7-16-15(14)18-9)13-8-10-4-2-3-5-12(10)19-13;1-4(6)5(2)3/h2-8,19H,1H3,(H,16,17,18);1-3H3. The van der Waals surface area contributed by atoms with E-state index in [1.165, 1.54) is 17.2 Å². The second kappa shape index (κ2) is 6.76. The molecule has 6 nitrogen and oxygen atoms in total. The third-order valence-electron chi connectivity index (χ3n) is 3.96. The number of carbonyl (C=O) groups excluding carboxylic acids is 1. The van der Waals surface area contributed by atoms with Crippen molar-refractivity contribution in [2.24, 2.45) is 0 Å². The van der Waals surface area contributed by atoms with E-state index in [1.807, 2.05) is 25.1 Å². The van der Waals surface area contributed by atoms with Crippen LogP contribution in [0.1, 0.15) is 12.7 Å². The fourth-order valence-electron chi connectivity index (χ4n) is 2.47. The number of hydrogen-bond acceptors (Lipinski definition) is 3. The Labute approximate surface area is 145 Å². The molecule has 0 aliphatic rings. The summed E-state index contributed by atoms with van der Waals surface area (Å²) in [6.45, 7) is 3.47. The van der Waals surface area contributed by atoms with Gasteiger partial charge in [0.05, 0.1) is 5.52 Å². The van der Waals surface area contributed by atoms with Crippen molar-refractivity contribution >= 4 is 28.0 Å². The van der Waals surface area contributed by atoms with Crippen molar-refractivity contribution in [2.45, 2.75) is 13.8 Å². The van der Waals surface area contributed by atoms with Gasteiger partial charge in [-0.2, -0.15) is 0 Å². The van der Waals surface area contributed by atoms with Gasteiger partial charge in [0.2, 0.25) is 5.91 Å². The number of hydrogen-bond donors (Lipinski definition) is 2. The molecule has 3 aromatic heterocycles. The van der Waals surface area contributed by atoms with Gasteiger partial charge in [-0.25, -0.2) is 9.97 Å². The van der Waals surface area contributed by atoms with Crippen LogP contribution in [0.5, 0.6) is 0 Å². The zero-order valence-electron chi connectivity index (χ0n) is 14.8. The van der Waals surface area contributed by atoms with E-state index >= 15 is 0 Å². The number of aromatic nitrogens is 4. The lowest BCUT2D eigenvalue weighted by Crippen LogP contribution is -2.17. The molecule has 0 bridgehead atoms. The Hall–Kier alpha value is -3.15. The molecule has 0 saturated carbocycles. The van der Waals surface area contributed by atoms with E-state index in [0.29, 0.717) is 0 Å². The number of pyridine rings is 1. The second-order valence-electron chi connectivity index (χ2n) is 6.06. The van der Waals surface area contributed by atoms with E-state index < -0.39 is 0 Å². The van der Waals surface area contributed by atoms with E-state index in [1.54, 1.807) is 20.3 Å². The fraction of sp³-hybridized carbons (Fsp3) is 0.211. The Balaban J connectivity index is 0.000000265. The molecule has 2 N–H and O–H groups in total. The van der Waals surface area contributed by atoms with E-state index in [9.17, 15) is 4.79 Å². The Bertz CT molecular complexity index is 996. The molecule has 0 aliphatic heterocycles. The normalized spacial score (nSPS) is 10.6. The van der Waals surface area contributed by atoms with Gasteiger partial charge >= 0.3 is 0 Å². The molecule has 0 spiro atoms. The first-order valence-corrected chi connectivity index (χ1v) is 8.03. The van der Waals surface area contributed by atoms with Crippen LogP contribution >= 0.6 is 0 Å². The average molecular weight is 335 g/mol. The maximum atomic E-state index is 10.1. The summed E-state index contributed by atoms with van der Waals surface area (Å²) in [4.78, 5) is 27.0. The molecule has 0 aliphatic carbocycles. The number of aromatic amines is 2. The van der Waals surface area contributed by atoms with E-state index in [2.05, 4.69) is 38.1 Å². The molecule has 0 fully saturated rings. The van der Waals surface area contributed by atoms with Crippen molar-refractivity contribution in [2.75, 3.05) is 14.1 Å². The summed E-state index contributed by atoms with van der Waals surface area (Å²) in [5, 5.41) is 1.21. The van der Waals surface area contributed by atoms with Gasteiger partial charge in [0.1, 0.15) is 5.82 Å². The molecule has 4 rings (SSSR count). The Kier molecular flexibility index (Phi) is 4.52. The number of para-hydroxylation sites is 1. The number of H-pyrrole nitrogens is 2. The number of aryl methyl sites for hydroxylation is 1. The minimum absolute atomic E-state index is 0.0926. The van der Waals surface area contributed by atoms with Gasteiger partial charge in [-0.1, -0.05) is 18.2 Å². The first-order chi connectivity index (χ1) is 12.0. The van der Waals surface area contributed by atoms with Crippen molar-refractivity contribution in [1.82, 2.24) is 24.8 Å². The highest BCUT2D eigenvalue weighted by molar-refractivity contribution is 5.93. The number of imidazole rings is 1. The van der Waals surface area contributed by atoms with E-state index in [0.717, 1.165) is 33.8 Å². The number of nitrogens with one attached hydrogen (secondary N) is 2. The number of nitrogens with zero attached hydrogens (tertiary/aromatic N) is 3. The second-order valence-corrected chi connectivity index (χ2v) is 6.06. The number of amides is 1. The number of benzene rings is 1. The van der Waals surface area contributed by atoms with Crippen LogP contribution in [-0.4, -0.2) is 44.8 Å². The van der Waals surface area contributed by atoms with Crippen LogP contribution in [0.25, 0.3) is 33.3 Å². The maximum Gasteiger partial charge on any atom is 0.218 e. The maximum absolute atomic E-state index is 10.1. The molecule has 1 aromatic carbocycles. The summed E-state index contributed by atoms with van der Waals surface area (Å²) >= 11 is 0. The lowest BCUT2D eigenvalue weighted by molar-refractivity contribution is -0.126. The lowest BCUT2D eigenvalue weighted by atomic mass is 10.1. The molecule has 0 saturated heterocycles. The average Bonchev–Trinajstić information content (AvgIpc) is 3.16. The summed E-state index contributed by atoms with van der Waals surface area (Å²) in [7, 11) is 3.45. The van der Waals surface area contributed by atoms with Gasteiger partial charge in [-0.15, -0.1) is 0 Å². The van der Waals surface area contributed by atoms with Crippen LogP contribution in [0.2, 0.25) is 0 Å². The SMILES string of the molecule is CC(=O)N(C)C.Cc1nc2nccc(-c3cc4ccccc4[nH]3)c2[nH]1. The minimum Gasteiger partial charge on any atom is -0.354 e. The van der Waals surface area contributed by atoms with Crippen molar-refractivity contribution in [3.8, 4) is 11.3 Å². The van der Waals surface area contributed by atoms with Crippen LogP contribution in [0.3, 0.4) is 0 Å². The van der Waals surface area contributed by atoms with Gasteiger partial charge in [0, 0.05) is 49.4 Å². The Morgan fingerprint density at radius 2 is 1.84 bits per heavy atom. The topological polar surface area (TPSA) is 77.7 Å². The predicted molar refractivity (Wildman–Crippen MR) is 100 cm³/mol. The number of fused-ring (bicyclic) bond motifs is 2. The predicted octanol–water partition coefficient (Wildman–Crippen LogP) is 3.51. The first-order valence-electron chi connectivity index (χ1n) is 8.03. The molecule has 128 valence electrons. The summed E-state index contributed by atoms with van der Waals surface area (Å²) in [5.74, 6) is 0.973. The van der Waals surface area contributed by atoms with E-state index in [4.69, 9.17) is 0 Å². The summed E-state index contributed by atoms with van der Waals surface area (Å²) in [5.41, 5.74) is 5.05.